The number of imidazole rings is 1. The molecular formula is C26H26Cl2F2N4O2. The number of hydrogen-bond acceptors (Lipinski definition) is 3. The van der Waals surface area contributed by atoms with Crippen molar-refractivity contribution in [2.75, 3.05) is 4.90 Å². The van der Waals surface area contributed by atoms with Crippen molar-refractivity contribution < 1.29 is 18.4 Å². The molecule has 36 heavy (non-hydrogen) atoms. The van der Waals surface area contributed by atoms with Crippen LogP contribution in [0.25, 0.3) is 0 Å². The van der Waals surface area contributed by atoms with Crippen LogP contribution in [0.15, 0.2) is 48.8 Å². The minimum absolute atomic E-state index is 0.0303. The van der Waals surface area contributed by atoms with Crippen LogP contribution in [0.5, 0.6) is 0 Å². The second kappa shape index (κ2) is 11.4. The number of rotatable bonds is 7. The Labute approximate surface area is 218 Å². The van der Waals surface area contributed by atoms with Gasteiger partial charge in [0.2, 0.25) is 11.8 Å². The number of aryl methyl sites for hydroxylation is 1. The molecule has 0 spiro atoms. The van der Waals surface area contributed by atoms with Crippen LogP contribution in [-0.4, -0.2) is 27.4 Å². The van der Waals surface area contributed by atoms with Gasteiger partial charge in [0.1, 0.15) is 29.4 Å². The van der Waals surface area contributed by atoms with Crippen molar-refractivity contribution in [1.82, 2.24) is 14.9 Å². The van der Waals surface area contributed by atoms with Crippen molar-refractivity contribution in [3.8, 4) is 0 Å². The van der Waals surface area contributed by atoms with E-state index in [9.17, 15) is 14.0 Å². The van der Waals surface area contributed by atoms with E-state index in [0.29, 0.717) is 11.8 Å². The van der Waals surface area contributed by atoms with Gasteiger partial charge in [-0.15, -0.1) is 0 Å². The molecule has 190 valence electrons. The third kappa shape index (κ3) is 5.87. The Hall–Kier alpha value is -2.97. The molecule has 0 saturated heterocycles. The minimum Gasteiger partial charge on any atom is -0.351 e. The highest BCUT2D eigenvalue weighted by Gasteiger charge is 2.36. The molecule has 2 amide bonds. The maximum Gasteiger partial charge on any atom is 0.248 e. The van der Waals surface area contributed by atoms with Crippen molar-refractivity contribution in [2.45, 2.75) is 57.7 Å². The molecule has 1 heterocycles. The molecule has 1 N–H and O–H groups in total. The van der Waals surface area contributed by atoms with Gasteiger partial charge < -0.3 is 9.88 Å². The van der Waals surface area contributed by atoms with Gasteiger partial charge in [0.15, 0.2) is 5.15 Å². The summed E-state index contributed by atoms with van der Waals surface area (Å²) in [6.45, 7) is 1.54. The Morgan fingerprint density at radius 3 is 2.53 bits per heavy atom. The van der Waals surface area contributed by atoms with E-state index in [2.05, 4.69) is 10.3 Å². The molecule has 1 atom stereocenters. The lowest BCUT2D eigenvalue weighted by atomic mass is 9.94. The zero-order valence-electron chi connectivity index (χ0n) is 19.7. The predicted molar refractivity (Wildman–Crippen MR) is 135 cm³/mol. The molecule has 6 nitrogen and oxygen atoms in total. The number of carbonyl (C=O) groups excluding carboxylic acids is 2. The molecule has 4 rings (SSSR count). The summed E-state index contributed by atoms with van der Waals surface area (Å²) in [5, 5.41) is 3.09. The lowest BCUT2D eigenvalue weighted by molar-refractivity contribution is -0.127. The normalized spacial score (nSPS) is 14.9. The second-order valence-corrected chi connectivity index (χ2v) is 9.68. The van der Waals surface area contributed by atoms with Crippen LogP contribution < -0.4 is 10.2 Å². The first-order valence-corrected chi connectivity index (χ1v) is 12.5. The monoisotopic (exact) mass is 534 g/mol. The summed E-state index contributed by atoms with van der Waals surface area (Å²) < 4.78 is 30.3. The van der Waals surface area contributed by atoms with Crippen molar-refractivity contribution in [3.05, 3.63) is 81.9 Å². The Morgan fingerprint density at radius 1 is 1.14 bits per heavy atom. The number of halogens is 4. The van der Waals surface area contributed by atoms with E-state index in [4.69, 9.17) is 23.2 Å². The summed E-state index contributed by atoms with van der Waals surface area (Å²) in [7, 11) is 0. The molecule has 0 aliphatic heterocycles. The van der Waals surface area contributed by atoms with Crippen LogP contribution in [-0.2, 0) is 16.1 Å². The van der Waals surface area contributed by atoms with Gasteiger partial charge >= 0.3 is 0 Å². The SMILES string of the molecule is Cc1cccc(N(C(=O)Cn2cnc(Cl)c2Cl)C(C(=O)NC2CCCCC2)c2ccc(F)cc2F)c1. The molecule has 1 fully saturated rings. The quantitative estimate of drug-likeness (QED) is 0.404. The summed E-state index contributed by atoms with van der Waals surface area (Å²) >= 11 is 12.1. The van der Waals surface area contributed by atoms with Crippen molar-refractivity contribution in [3.63, 3.8) is 0 Å². The number of amides is 2. The van der Waals surface area contributed by atoms with E-state index >= 15 is 4.39 Å². The van der Waals surface area contributed by atoms with Gasteiger partial charge in [-0.25, -0.2) is 13.8 Å². The number of carbonyl (C=O) groups is 2. The number of hydrogen-bond donors (Lipinski definition) is 1. The minimum atomic E-state index is -1.39. The fourth-order valence-electron chi connectivity index (χ4n) is 4.54. The van der Waals surface area contributed by atoms with Gasteiger partial charge in [0, 0.05) is 23.4 Å². The molecule has 1 aliphatic carbocycles. The van der Waals surface area contributed by atoms with E-state index < -0.39 is 29.5 Å². The molecule has 0 bridgehead atoms. The van der Waals surface area contributed by atoms with Crippen molar-refractivity contribution in [1.29, 1.82) is 0 Å². The second-order valence-electron chi connectivity index (χ2n) is 8.97. The van der Waals surface area contributed by atoms with E-state index in [-0.39, 0.29) is 28.5 Å². The van der Waals surface area contributed by atoms with E-state index in [1.165, 1.54) is 21.9 Å². The van der Waals surface area contributed by atoms with Gasteiger partial charge in [-0.2, -0.15) is 0 Å². The summed E-state index contributed by atoms with van der Waals surface area (Å²) in [6.07, 6.45) is 5.94. The van der Waals surface area contributed by atoms with Gasteiger partial charge in [0.25, 0.3) is 0 Å². The first-order valence-electron chi connectivity index (χ1n) is 11.7. The Morgan fingerprint density at radius 2 is 1.89 bits per heavy atom. The summed E-state index contributed by atoms with van der Waals surface area (Å²) in [4.78, 5) is 32.6. The highest BCUT2D eigenvalue weighted by Crippen LogP contribution is 2.32. The molecule has 2 aromatic carbocycles. The summed E-state index contributed by atoms with van der Waals surface area (Å²) in [6, 6.07) is 8.47. The molecule has 0 radical (unpaired) electrons. The third-order valence-electron chi connectivity index (χ3n) is 6.30. The van der Waals surface area contributed by atoms with Crippen LogP contribution in [0.2, 0.25) is 10.3 Å². The van der Waals surface area contributed by atoms with Crippen LogP contribution >= 0.6 is 23.2 Å². The van der Waals surface area contributed by atoms with Crippen LogP contribution in [0.1, 0.15) is 49.3 Å². The molecule has 1 aromatic heterocycles. The van der Waals surface area contributed by atoms with Gasteiger partial charge in [-0.3, -0.25) is 14.5 Å². The van der Waals surface area contributed by atoms with Crippen molar-refractivity contribution >= 4 is 40.7 Å². The number of nitrogens with zero attached hydrogens (tertiary/aromatic N) is 3. The fourth-order valence-corrected chi connectivity index (χ4v) is 4.84. The Bertz CT molecular complexity index is 1260. The highest BCUT2D eigenvalue weighted by atomic mass is 35.5. The maximum absolute atomic E-state index is 15.1. The Kier molecular flexibility index (Phi) is 8.26. The van der Waals surface area contributed by atoms with E-state index in [1.807, 2.05) is 13.0 Å². The molecule has 3 aromatic rings. The summed E-state index contributed by atoms with van der Waals surface area (Å²) in [5.74, 6) is -2.80. The first kappa shape index (κ1) is 26.1. The molecule has 1 aliphatic rings. The topological polar surface area (TPSA) is 67.2 Å². The molecular weight excluding hydrogens is 509 g/mol. The number of anilines is 1. The van der Waals surface area contributed by atoms with Crippen LogP contribution in [0.3, 0.4) is 0 Å². The number of nitrogens with one attached hydrogen (secondary N) is 1. The Balaban J connectivity index is 1.80. The molecule has 10 heteroatoms. The largest absolute Gasteiger partial charge is 0.351 e. The first-order chi connectivity index (χ1) is 17.2. The predicted octanol–water partition coefficient (Wildman–Crippen LogP) is 6.00. The zero-order chi connectivity index (χ0) is 25.8. The smallest absolute Gasteiger partial charge is 0.248 e. The van der Waals surface area contributed by atoms with Gasteiger partial charge in [0.05, 0.1) is 6.33 Å². The van der Waals surface area contributed by atoms with Gasteiger partial charge in [-0.1, -0.05) is 60.7 Å². The van der Waals surface area contributed by atoms with E-state index in [0.717, 1.165) is 43.7 Å². The fraction of sp³-hybridized carbons (Fsp3) is 0.346. The molecule has 1 unspecified atom stereocenters. The number of benzene rings is 2. The summed E-state index contributed by atoms with van der Waals surface area (Å²) in [5.41, 5.74) is 1.10. The zero-order valence-corrected chi connectivity index (χ0v) is 21.2. The average Bonchev–Trinajstić information content (AvgIpc) is 3.15. The van der Waals surface area contributed by atoms with Crippen LogP contribution in [0.4, 0.5) is 14.5 Å². The lowest BCUT2D eigenvalue weighted by Crippen LogP contribution is -2.48. The lowest BCUT2D eigenvalue weighted by Gasteiger charge is -2.34. The molecule has 1 saturated carbocycles. The van der Waals surface area contributed by atoms with Gasteiger partial charge in [-0.05, 0) is 43.5 Å². The maximum atomic E-state index is 15.1. The highest BCUT2D eigenvalue weighted by molar-refractivity contribution is 6.40. The van der Waals surface area contributed by atoms with Crippen molar-refractivity contribution in [2.24, 2.45) is 0 Å². The van der Waals surface area contributed by atoms with E-state index in [1.54, 1.807) is 18.2 Å². The third-order valence-corrected chi connectivity index (χ3v) is 7.07. The standard InChI is InChI=1S/C26H26Cl2F2N4O2/c1-16-6-5-9-19(12-16)34(22(35)14-33-15-31-24(27)25(33)28)23(20-11-10-17(29)13-21(20)30)26(36)32-18-7-3-2-4-8-18/h5-6,9-13,15,18,23H,2-4,7-8,14H2,1H3,(H,32,36). The average molecular weight is 535 g/mol. The number of aromatic nitrogens is 2. The van der Waals surface area contributed by atoms with Crippen LogP contribution in [0, 0.1) is 18.6 Å².